The second kappa shape index (κ2) is 5.71. The predicted molar refractivity (Wildman–Crippen MR) is 88.5 cm³/mol. The van der Waals surface area contributed by atoms with Crippen LogP contribution in [0, 0.1) is 35.5 Å². The second-order valence-corrected chi connectivity index (χ2v) is 8.20. The van der Waals surface area contributed by atoms with Gasteiger partial charge in [0, 0.05) is 6.04 Å². The highest BCUT2D eigenvalue weighted by Gasteiger charge is 2.59. The minimum atomic E-state index is -0.214. The number of hydrogen-bond acceptors (Lipinski definition) is 3. The number of amides is 3. The van der Waals surface area contributed by atoms with Gasteiger partial charge in [-0.15, -0.1) is 0 Å². The van der Waals surface area contributed by atoms with Crippen molar-refractivity contribution >= 4 is 17.7 Å². The zero-order valence-corrected chi connectivity index (χ0v) is 14.4. The Labute approximate surface area is 142 Å². The lowest BCUT2D eigenvalue weighted by Gasteiger charge is -2.34. The summed E-state index contributed by atoms with van der Waals surface area (Å²) in [6, 6.07) is 0.159. The average molecular weight is 330 g/mol. The van der Waals surface area contributed by atoms with Crippen molar-refractivity contribution in [2.45, 2.75) is 45.6 Å². The van der Waals surface area contributed by atoms with Gasteiger partial charge in [-0.05, 0) is 36.5 Å². The number of nitrogens with one attached hydrogen (secondary N) is 1. The fourth-order valence-electron chi connectivity index (χ4n) is 5.30. The van der Waals surface area contributed by atoms with E-state index in [4.69, 9.17) is 0 Å². The monoisotopic (exact) mass is 330 g/mol. The number of fused-ring (bicyclic) bond motifs is 5. The quantitative estimate of drug-likeness (QED) is 0.633. The minimum absolute atomic E-state index is 0.109. The Hall–Kier alpha value is -1.65. The van der Waals surface area contributed by atoms with Crippen molar-refractivity contribution < 1.29 is 14.4 Å². The number of carbonyl (C=O) groups is 3. The van der Waals surface area contributed by atoms with Gasteiger partial charge in [-0.25, -0.2) is 0 Å². The van der Waals surface area contributed by atoms with E-state index < -0.39 is 0 Å². The zero-order chi connectivity index (χ0) is 17.0. The first kappa shape index (κ1) is 15.9. The summed E-state index contributed by atoms with van der Waals surface area (Å²) in [5.41, 5.74) is 0. The van der Waals surface area contributed by atoms with Crippen LogP contribution >= 0.6 is 0 Å². The molecular weight excluding hydrogens is 304 g/mol. The molecule has 0 unspecified atom stereocenters. The molecule has 4 rings (SSSR count). The summed E-state index contributed by atoms with van der Waals surface area (Å²) in [4.78, 5) is 38.9. The van der Waals surface area contributed by atoms with Crippen molar-refractivity contribution in [3.63, 3.8) is 0 Å². The zero-order valence-electron chi connectivity index (χ0n) is 14.4. The molecule has 1 N–H and O–H groups in total. The summed E-state index contributed by atoms with van der Waals surface area (Å²) in [5.74, 6) is 0.537. The highest BCUT2D eigenvalue weighted by atomic mass is 16.2. The third-order valence-electron chi connectivity index (χ3n) is 6.92. The summed E-state index contributed by atoms with van der Waals surface area (Å²) in [5, 5.41) is 3.07. The van der Waals surface area contributed by atoms with E-state index in [0.717, 1.165) is 19.3 Å². The maximum atomic E-state index is 12.6. The van der Waals surface area contributed by atoms with Gasteiger partial charge in [-0.3, -0.25) is 19.3 Å². The Bertz CT molecular complexity index is 584. The summed E-state index contributed by atoms with van der Waals surface area (Å²) < 4.78 is 0. The van der Waals surface area contributed by atoms with E-state index in [2.05, 4.69) is 31.3 Å². The molecule has 1 aliphatic heterocycles. The van der Waals surface area contributed by atoms with Crippen LogP contribution in [0.5, 0.6) is 0 Å². The number of allylic oxidation sites excluding steroid dienone is 2. The van der Waals surface area contributed by atoms with Crippen LogP contribution in [-0.2, 0) is 14.4 Å². The Balaban J connectivity index is 1.40. The first-order valence-electron chi connectivity index (χ1n) is 9.30. The van der Waals surface area contributed by atoms with Crippen LogP contribution in [0.25, 0.3) is 0 Å². The molecule has 0 aromatic heterocycles. The van der Waals surface area contributed by atoms with Gasteiger partial charge in [0.15, 0.2) is 0 Å². The molecule has 0 spiro atoms. The summed E-state index contributed by atoms with van der Waals surface area (Å²) in [6.45, 7) is 4.29. The molecule has 5 nitrogen and oxygen atoms in total. The maximum Gasteiger partial charge on any atom is 0.240 e. The third-order valence-corrected chi connectivity index (χ3v) is 6.92. The minimum Gasteiger partial charge on any atom is -0.352 e. The van der Waals surface area contributed by atoms with E-state index >= 15 is 0 Å². The van der Waals surface area contributed by atoms with E-state index in [1.54, 1.807) is 0 Å². The Morgan fingerprint density at radius 1 is 1.12 bits per heavy atom. The molecule has 24 heavy (non-hydrogen) atoms. The SMILES string of the molecule is C[C@@H]1[C@H](C)CCC[C@@H]1NC(=O)CN1C(=O)[C@@H]2[C@H](C1=O)[C@H]1C=C[C@H]2C1. The first-order chi connectivity index (χ1) is 11.5. The number of carbonyl (C=O) groups excluding carboxylic acids is 3. The molecule has 0 radical (unpaired) electrons. The maximum absolute atomic E-state index is 12.6. The van der Waals surface area contributed by atoms with Crippen LogP contribution < -0.4 is 5.32 Å². The van der Waals surface area contributed by atoms with Gasteiger partial charge in [0.1, 0.15) is 6.54 Å². The molecule has 2 bridgehead atoms. The van der Waals surface area contributed by atoms with Crippen molar-refractivity contribution in [1.29, 1.82) is 0 Å². The smallest absolute Gasteiger partial charge is 0.240 e. The van der Waals surface area contributed by atoms with Gasteiger partial charge in [0.05, 0.1) is 11.8 Å². The molecule has 3 amide bonds. The molecule has 7 atom stereocenters. The lowest BCUT2D eigenvalue weighted by molar-refractivity contribution is -0.144. The predicted octanol–water partition coefficient (Wildman–Crippen LogP) is 1.73. The van der Waals surface area contributed by atoms with Gasteiger partial charge in [0.2, 0.25) is 17.7 Å². The fourth-order valence-corrected chi connectivity index (χ4v) is 5.30. The van der Waals surface area contributed by atoms with E-state index in [9.17, 15) is 14.4 Å². The van der Waals surface area contributed by atoms with Crippen LogP contribution in [0.1, 0.15) is 39.5 Å². The summed E-state index contributed by atoms with van der Waals surface area (Å²) in [6.07, 6.45) is 8.38. The number of rotatable bonds is 3. The highest BCUT2D eigenvalue weighted by Crippen LogP contribution is 2.52. The van der Waals surface area contributed by atoms with Crippen LogP contribution in [0.3, 0.4) is 0 Å². The van der Waals surface area contributed by atoms with Crippen molar-refractivity contribution in [3.8, 4) is 0 Å². The van der Waals surface area contributed by atoms with Crippen LogP contribution in [-0.4, -0.2) is 35.2 Å². The molecule has 0 aromatic carbocycles. The Morgan fingerprint density at radius 3 is 2.38 bits per heavy atom. The molecule has 5 heteroatoms. The van der Waals surface area contributed by atoms with Crippen LogP contribution in [0.2, 0.25) is 0 Å². The van der Waals surface area contributed by atoms with Gasteiger partial charge < -0.3 is 5.32 Å². The normalized spacial score (nSPS) is 43.4. The number of nitrogens with zero attached hydrogens (tertiary/aromatic N) is 1. The lowest BCUT2D eigenvalue weighted by Crippen LogP contribution is -2.48. The molecule has 4 aliphatic rings. The highest BCUT2D eigenvalue weighted by molar-refractivity contribution is 6.08. The molecule has 2 saturated carbocycles. The number of hydrogen-bond donors (Lipinski definition) is 1. The fraction of sp³-hybridized carbons (Fsp3) is 0.737. The van der Waals surface area contributed by atoms with Gasteiger partial charge in [0.25, 0.3) is 0 Å². The molecule has 1 heterocycles. The topological polar surface area (TPSA) is 66.5 Å². The summed E-state index contributed by atoms with van der Waals surface area (Å²) >= 11 is 0. The van der Waals surface area contributed by atoms with E-state index in [0.29, 0.717) is 11.8 Å². The standard InChI is InChI=1S/C19H26N2O3/c1-10-4-3-5-14(11(10)2)20-15(22)9-21-18(23)16-12-6-7-13(8-12)17(16)19(21)24/h6-7,10-14,16-17H,3-5,8-9H2,1-2H3,(H,20,22)/t10-,11-,12+,13+,14+,16-,17+/m1/s1. The number of imide groups is 1. The van der Waals surface area contributed by atoms with Crippen molar-refractivity contribution in [2.24, 2.45) is 35.5 Å². The molecule has 3 fully saturated rings. The second-order valence-electron chi connectivity index (χ2n) is 8.20. The molecular formula is C19H26N2O3. The van der Waals surface area contributed by atoms with Crippen molar-refractivity contribution in [3.05, 3.63) is 12.2 Å². The first-order valence-corrected chi connectivity index (χ1v) is 9.30. The van der Waals surface area contributed by atoms with Gasteiger partial charge in [-0.2, -0.15) is 0 Å². The van der Waals surface area contributed by atoms with E-state index in [-0.39, 0.29) is 54.0 Å². The largest absolute Gasteiger partial charge is 0.352 e. The van der Waals surface area contributed by atoms with Crippen molar-refractivity contribution in [2.75, 3.05) is 6.54 Å². The molecule has 0 aromatic rings. The average Bonchev–Trinajstić information content (AvgIpc) is 3.22. The summed E-state index contributed by atoms with van der Waals surface area (Å²) in [7, 11) is 0. The number of likely N-dealkylation sites (tertiary alicyclic amines) is 1. The molecule has 3 aliphatic carbocycles. The van der Waals surface area contributed by atoms with Crippen LogP contribution in [0.15, 0.2) is 12.2 Å². The van der Waals surface area contributed by atoms with Gasteiger partial charge in [-0.1, -0.05) is 38.8 Å². The van der Waals surface area contributed by atoms with E-state index in [1.807, 2.05) is 0 Å². The Kier molecular flexibility index (Phi) is 3.77. The lowest BCUT2D eigenvalue weighted by atomic mass is 9.78. The van der Waals surface area contributed by atoms with E-state index in [1.165, 1.54) is 11.3 Å². The van der Waals surface area contributed by atoms with Crippen molar-refractivity contribution in [1.82, 2.24) is 10.2 Å². The third kappa shape index (κ3) is 2.32. The van der Waals surface area contributed by atoms with Crippen LogP contribution in [0.4, 0.5) is 0 Å². The van der Waals surface area contributed by atoms with Gasteiger partial charge >= 0.3 is 0 Å². The Morgan fingerprint density at radius 2 is 1.75 bits per heavy atom. The molecule has 130 valence electrons. The molecule has 1 saturated heterocycles.